The first-order valence-corrected chi connectivity index (χ1v) is 27.4. The van der Waals surface area contributed by atoms with Crippen LogP contribution in [0.3, 0.4) is 0 Å². The molecule has 0 aromatic carbocycles. The van der Waals surface area contributed by atoms with Crippen molar-refractivity contribution in [1.29, 1.82) is 0 Å². The summed E-state index contributed by atoms with van der Waals surface area (Å²) in [5, 5.41) is 0. The molecule has 1 aliphatic rings. The van der Waals surface area contributed by atoms with E-state index in [-0.39, 0.29) is 0 Å². The second-order valence-electron chi connectivity index (χ2n) is 1.13. The van der Waals surface area contributed by atoms with Crippen molar-refractivity contribution in [2.75, 3.05) is 0 Å². The van der Waals surface area contributed by atoms with E-state index in [9.17, 15) is 0 Å². The Morgan fingerprint density at radius 2 is 1.43 bits per heavy atom. The van der Waals surface area contributed by atoms with Gasteiger partial charge in [0.25, 0.3) is 0 Å². The molecule has 4 heteroatoms. The Hall–Kier alpha value is 3.16. The van der Waals surface area contributed by atoms with Crippen molar-refractivity contribution in [2.24, 2.45) is 0 Å². The van der Waals surface area contributed by atoms with E-state index in [2.05, 4.69) is 0 Å². The summed E-state index contributed by atoms with van der Waals surface area (Å²) in [5.74, 6) is 0. The molecule has 0 spiro atoms. The normalized spacial score (nSPS) is 24.0. The summed E-state index contributed by atoms with van der Waals surface area (Å²) in [6.45, 7) is 0. The summed E-state index contributed by atoms with van der Waals surface area (Å²) in [4.78, 5) is 0. The van der Waals surface area contributed by atoms with Crippen molar-refractivity contribution in [2.45, 2.75) is 15.4 Å². The van der Waals surface area contributed by atoms with Gasteiger partial charge in [-0.3, -0.25) is 0 Å². The number of hydrogen-bond donors (Lipinski definition) is 0. The second kappa shape index (κ2) is 5.91. The van der Waals surface area contributed by atoms with E-state index in [1.54, 1.807) is 15.4 Å². The van der Waals surface area contributed by atoms with Gasteiger partial charge in [0, 0.05) is 0 Å². The summed E-state index contributed by atoms with van der Waals surface area (Å²) in [7, 11) is 0. The summed E-state index contributed by atoms with van der Waals surface area (Å²) < 4.78 is 3.51. The zero-order valence-electron chi connectivity index (χ0n) is 3.75. The van der Waals surface area contributed by atoms with E-state index in [4.69, 9.17) is 0 Å². The second-order valence-corrected chi connectivity index (χ2v) is 54.8. The molecule has 42 valence electrons. The van der Waals surface area contributed by atoms with Gasteiger partial charge >= 0.3 is 75.9 Å². The van der Waals surface area contributed by atoms with Crippen LogP contribution in [0.15, 0.2) is 0 Å². The Bertz CT molecular complexity index is 26.5. The van der Waals surface area contributed by atoms with Crippen molar-refractivity contribution < 1.29 is 0 Å². The van der Waals surface area contributed by atoms with Crippen LogP contribution in [0.1, 0.15) is 6.42 Å². The monoisotopic (exact) mass is 562 g/mol. The van der Waals surface area contributed by atoms with E-state index in [1.807, 2.05) is 0 Å². The van der Waals surface area contributed by atoms with E-state index in [1.165, 1.54) is 0 Å². The van der Waals surface area contributed by atoms with Gasteiger partial charge in [0.05, 0.1) is 0 Å². The van der Waals surface area contributed by atoms with E-state index < -0.39 is 0 Å². The molecule has 0 bridgehead atoms. The van der Waals surface area contributed by atoms with Gasteiger partial charge in [0.15, 0.2) is 0 Å². The van der Waals surface area contributed by atoms with Crippen LogP contribution in [0.25, 0.3) is 0 Å². The molecule has 0 amide bonds. The summed E-state index contributed by atoms with van der Waals surface area (Å²) >= 11 is 3.23. The van der Waals surface area contributed by atoms with Crippen molar-refractivity contribution >= 4 is 60.5 Å². The summed E-state index contributed by atoms with van der Waals surface area (Å²) in [6, 6.07) is 0. The van der Waals surface area contributed by atoms with Crippen LogP contribution in [0.2, 0.25) is 8.94 Å². The Morgan fingerprint density at radius 1 is 0.857 bits per heavy atom. The van der Waals surface area contributed by atoms with Gasteiger partial charge in [-0.2, -0.15) is 0 Å². The van der Waals surface area contributed by atoms with E-state index in [0.29, 0.717) is 0 Å². The Balaban J connectivity index is 2.04. The molecule has 1 saturated heterocycles. The first-order chi connectivity index (χ1) is 3.50. The average molecular weight is 552 g/mol. The molecule has 1 fully saturated rings. The van der Waals surface area contributed by atoms with Crippen LogP contribution in [-0.2, 0) is 0 Å². The van der Waals surface area contributed by atoms with Crippen LogP contribution >= 0.6 is 0 Å². The van der Waals surface area contributed by atoms with Crippen LogP contribution in [0.5, 0.6) is 0 Å². The fourth-order valence-corrected chi connectivity index (χ4v) is 108. The molecule has 0 aromatic heterocycles. The zero-order valence-corrected chi connectivity index (χ0v) is 13.1. The van der Waals surface area contributed by atoms with Gasteiger partial charge < -0.3 is 0 Å². The van der Waals surface area contributed by atoms with Gasteiger partial charge in [-0.05, 0) is 0 Å². The van der Waals surface area contributed by atoms with Gasteiger partial charge in [0.2, 0.25) is 0 Å². The molecule has 0 aliphatic carbocycles. The molecule has 0 aromatic rings. The zero-order chi connectivity index (χ0) is 4.95. The predicted molar refractivity (Wildman–Crippen MR) is 37.2 cm³/mol. The van der Waals surface area contributed by atoms with Gasteiger partial charge in [-0.1, -0.05) is 0 Å². The maximum atomic E-state index is 1.75. The van der Waals surface area contributed by atoms with E-state index >= 15 is 0 Å². The molecule has 0 saturated carbocycles. The molecule has 0 N–H and O–H groups in total. The van der Waals surface area contributed by atoms with Gasteiger partial charge in [-0.25, -0.2) is 0 Å². The topological polar surface area (TPSA) is 0 Å². The van der Waals surface area contributed by atoms with Crippen LogP contribution in [0, 0.1) is 0 Å². The third kappa shape index (κ3) is 4.55. The van der Waals surface area contributed by atoms with Crippen LogP contribution in [-0.4, -0.2) is 60.5 Å². The molecule has 0 atom stereocenters. The van der Waals surface area contributed by atoms with Crippen molar-refractivity contribution in [1.82, 2.24) is 0 Å². The molecular weight excluding hydrogens is 546 g/mol. The fourth-order valence-electron chi connectivity index (χ4n) is 0.284. The molecule has 1 rings (SSSR count). The summed E-state index contributed by atoms with van der Waals surface area (Å²) in [6.07, 6.45) is 1.68. The van der Waals surface area contributed by atoms with Crippen LogP contribution in [0.4, 0.5) is 0 Å². The molecule has 7 heavy (non-hydrogen) atoms. The fraction of sp³-hybridized carbons (Fsp3) is 1.00. The Morgan fingerprint density at radius 3 is 2.00 bits per heavy atom. The van der Waals surface area contributed by atoms with Crippen molar-refractivity contribution in [3.8, 4) is 0 Å². The standard InChI is InChI=1S/C3H6Te4/c1-2-4-6-7-5-3-1/h1-3H2. The Kier molecular flexibility index (Phi) is 6.97. The summed E-state index contributed by atoms with van der Waals surface area (Å²) in [5.41, 5.74) is 0. The molecule has 1 aliphatic heterocycles. The van der Waals surface area contributed by atoms with Gasteiger partial charge in [0.1, 0.15) is 0 Å². The molecule has 0 radical (unpaired) electrons. The Labute approximate surface area is 73.8 Å². The third-order valence-corrected chi connectivity index (χ3v) is 94.7. The molecule has 0 nitrogen and oxygen atoms in total. The molecule has 1 heterocycles. The minimum absolute atomic E-state index is 0.760. The van der Waals surface area contributed by atoms with Gasteiger partial charge in [-0.15, -0.1) is 0 Å². The predicted octanol–water partition coefficient (Wildman–Crippen LogP) is -0.212. The first kappa shape index (κ1) is 8.26. The van der Waals surface area contributed by atoms with E-state index in [0.717, 1.165) is 60.5 Å². The SMILES string of the molecule is C1C[Te][Te][Te][Te]C1. The molecule has 0 unspecified atom stereocenters. The third-order valence-electron chi connectivity index (χ3n) is 0.579. The minimum atomic E-state index is 0.760. The first-order valence-electron chi connectivity index (χ1n) is 2.08. The van der Waals surface area contributed by atoms with Crippen molar-refractivity contribution in [3.05, 3.63) is 0 Å². The molecular formula is C3H6Te4. The quantitative estimate of drug-likeness (QED) is 0.365. The van der Waals surface area contributed by atoms with Crippen LogP contribution < -0.4 is 0 Å². The number of hydrogen-bond acceptors (Lipinski definition) is 0. The maximum absolute atomic E-state index is 1.75. The number of rotatable bonds is 0. The average Bonchev–Trinajstić information content (AvgIpc) is 1.90. The van der Waals surface area contributed by atoms with Crippen molar-refractivity contribution in [3.63, 3.8) is 0 Å².